The maximum atomic E-state index is 12.1. The topological polar surface area (TPSA) is 472 Å². The quantitative estimate of drug-likeness (QED) is 0.0467. The van der Waals surface area contributed by atoms with E-state index >= 15 is 0 Å². The fraction of sp³-hybridized carbons (Fsp3) is 0.940. The minimum Gasteiger partial charge on any atom is -0.379 e. The average Bonchev–Trinajstić information content (AvgIpc) is 1.81. The van der Waals surface area contributed by atoms with E-state index in [0.717, 1.165) is 5.69 Å². The number of carbonyl (C=O) groups is 3. The number of ketones is 1. The Hall–Kier alpha value is -2.99. The third-order valence-electron chi connectivity index (χ3n) is 16.0. The van der Waals surface area contributed by atoms with Crippen molar-refractivity contribution in [1.29, 1.82) is 0 Å². The van der Waals surface area contributed by atoms with Crippen LogP contribution < -0.4 is 22.1 Å². The van der Waals surface area contributed by atoms with Crippen molar-refractivity contribution in [3.63, 3.8) is 0 Å². The number of hydrogen-bond donors (Lipinski definition) is 4. The summed E-state index contributed by atoms with van der Waals surface area (Å²) < 4.78 is 190. The number of nitrogens with two attached hydrogens (primary N) is 2. The maximum Gasteiger partial charge on any atom is 0.222 e. The monoisotopic (exact) mass is 1910 g/mol. The molecule has 2 amide bonds. The van der Waals surface area contributed by atoms with Crippen LogP contribution in [0.4, 0.5) is 0 Å². The van der Waals surface area contributed by atoms with Crippen LogP contribution in [-0.4, -0.2) is 519 Å². The number of nitrogens with zero attached hydrogens (tertiary/aromatic N) is 3. The van der Waals surface area contributed by atoms with Crippen molar-refractivity contribution in [2.75, 3.05) is 480 Å². The Labute approximate surface area is 773 Å². The lowest BCUT2D eigenvalue weighted by Crippen LogP contribution is -2.37. The number of aryl methyl sites for hydroxylation is 1. The molecule has 764 valence electrons. The second-order valence-electron chi connectivity index (χ2n) is 26.5. The number of aromatic nitrogens is 3. The first-order valence-electron chi connectivity index (χ1n) is 45.2. The highest BCUT2D eigenvalue weighted by Gasteiger charge is 2.13. The highest BCUT2D eigenvalue weighted by molar-refractivity contribution is 8.76. The number of carbonyl (C=O) groups excluding carboxylic acids is 3. The summed E-state index contributed by atoms with van der Waals surface area (Å²) in [5, 5.41) is 13.5. The minimum absolute atomic E-state index is 0.0554. The SMILES string of the molecule is Cc1cn(CCOCCOCCOCCOCCOCCOCCOCCOCCOCCOCCNC(=O)CCOCCOCCOCCOCCOCCOCCOCCOCCOCCOCCOCCOCCOCCOCCOCCOCCOCCOCCOCCOCCOCCOCCOCCOCCNC(=O)CCSSC[C@H](N)C(=O)CN)nn1. The van der Waals surface area contributed by atoms with E-state index in [9.17, 15) is 14.4 Å². The van der Waals surface area contributed by atoms with Crippen LogP contribution in [0, 0.1) is 6.92 Å². The normalized spacial score (nSPS) is 12.0. The zero-order chi connectivity index (χ0) is 92.2. The van der Waals surface area contributed by atoms with Gasteiger partial charge in [-0.15, -0.1) is 5.10 Å². The van der Waals surface area contributed by atoms with Gasteiger partial charge in [-0.1, -0.05) is 26.8 Å². The fourth-order valence-corrected chi connectivity index (χ4v) is 11.5. The molecule has 1 aromatic rings. The molecule has 1 heterocycles. The maximum absolute atomic E-state index is 12.1. The van der Waals surface area contributed by atoms with E-state index in [2.05, 4.69) is 20.9 Å². The van der Waals surface area contributed by atoms with Crippen LogP contribution in [0.15, 0.2) is 6.20 Å². The van der Waals surface area contributed by atoms with Gasteiger partial charge in [0, 0.05) is 43.6 Å². The molecule has 0 aliphatic heterocycles. The number of nitrogens with one attached hydrogen (secondary N) is 2. The Bertz CT molecular complexity index is 2380. The zero-order valence-electron chi connectivity index (χ0n) is 77.3. The predicted molar refractivity (Wildman–Crippen MR) is 475 cm³/mol. The Morgan fingerprint density at radius 1 is 0.271 bits per heavy atom. The van der Waals surface area contributed by atoms with Crippen molar-refractivity contribution in [2.45, 2.75) is 32.4 Å². The molecular formula is C83H163N7O37S2. The van der Waals surface area contributed by atoms with Gasteiger partial charge in [-0.05, 0) is 6.92 Å². The van der Waals surface area contributed by atoms with Gasteiger partial charge in [-0.25, -0.2) is 4.68 Å². The lowest BCUT2D eigenvalue weighted by Gasteiger charge is -2.09. The molecule has 0 fully saturated rings. The Balaban J connectivity index is 1.60. The predicted octanol–water partition coefficient (Wildman–Crippen LogP) is -0.600. The first-order valence-corrected chi connectivity index (χ1v) is 47.7. The van der Waals surface area contributed by atoms with Gasteiger partial charge in [0.25, 0.3) is 0 Å². The smallest absolute Gasteiger partial charge is 0.222 e. The lowest BCUT2D eigenvalue weighted by molar-refractivity contribution is -0.123. The highest BCUT2D eigenvalue weighted by atomic mass is 33.1. The van der Waals surface area contributed by atoms with Gasteiger partial charge in [0.1, 0.15) is 0 Å². The number of amides is 2. The molecule has 0 saturated heterocycles. The number of ether oxygens (including phenoxy) is 34. The Kier molecular flexibility index (Phi) is 106. The zero-order valence-corrected chi connectivity index (χ0v) is 78.9. The fourth-order valence-electron chi connectivity index (χ4n) is 9.33. The van der Waals surface area contributed by atoms with Crippen LogP contribution in [0.3, 0.4) is 0 Å². The van der Waals surface area contributed by atoms with Crippen LogP contribution >= 0.6 is 21.6 Å². The molecule has 0 saturated carbocycles. The van der Waals surface area contributed by atoms with Gasteiger partial charge >= 0.3 is 0 Å². The van der Waals surface area contributed by atoms with E-state index in [1.807, 2.05) is 13.1 Å². The van der Waals surface area contributed by atoms with Crippen LogP contribution in [0.2, 0.25) is 0 Å². The van der Waals surface area contributed by atoms with E-state index in [1.165, 1.54) is 21.6 Å². The van der Waals surface area contributed by atoms with Crippen LogP contribution in [0.1, 0.15) is 18.5 Å². The molecule has 129 heavy (non-hydrogen) atoms. The average molecular weight is 1920 g/mol. The molecule has 1 rings (SSSR count). The molecule has 6 N–H and O–H groups in total. The highest BCUT2D eigenvalue weighted by Crippen LogP contribution is 2.22. The third kappa shape index (κ3) is 105. The number of hydrogen-bond acceptors (Lipinski definition) is 43. The van der Waals surface area contributed by atoms with Gasteiger partial charge in [-0.2, -0.15) is 0 Å². The molecule has 0 aliphatic rings. The third-order valence-corrected chi connectivity index (χ3v) is 18.4. The van der Waals surface area contributed by atoms with Gasteiger partial charge in [-0.3, -0.25) is 14.4 Å². The second kappa shape index (κ2) is 110. The van der Waals surface area contributed by atoms with E-state index < -0.39 is 6.04 Å². The molecule has 0 spiro atoms. The molecule has 0 bridgehead atoms. The molecule has 1 atom stereocenters. The van der Waals surface area contributed by atoms with E-state index in [4.69, 9.17) is 173 Å². The molecule has 0 radical (unpaired) electrons. The summed E-state index contributed by atoms with van der Waals surface area (Å²) in [5.41, 5.74) is 11.9. The van der Waals surface area contributed by atoms with Gasteiger partial charge in [0.05, 0.1) is 474 Å². The van der Waals surface area contributed by atoms with E-state index in [-0.39, 0.29) is 30.6 Å². The van der Waals surface area contributed by atoms with Crippen molar-refractivity contribution in [2.24, 2.45) is 11.5 Å². The lowest BCUT2D eigenvalue weighted by atomic mass is 10.2. The standard InChI is InChI=1S/C83H163N7O37S2/c1-79-77-90(89-88-79)6-10-97-14-18-101-22-26-105-30-34-109-38-42-113-46-44-111-40-36-107-32-28-103-24-20-99-16-12-95-8-4-86-82(92)2-7-94-11-15-98-19-23-102-27-31-106-35-39-110-43-47-114-49-51-116-53-55-118-57-59-120-61-63-122-65-67-124-69-71-126-73-74-127-72-70-125-68-66-123-64-62-121-60-58-119-56-54-117-52-50-115-48-45-112-41-37-108-33-29-104-25-21-100-17-13-96-9-5-87-83(93)3-75-128-129-78-80(85)81(91)76-84/h77,80H,2-76,78,84-85H2,1H3,(H,86,92)(H,87,93)/t80-/m0/s1. The molecule has 0 aromatic carbocycles. The Morgan fingerprint density at radius 2 is 0.450 bits per heavy atom. The second-order valence-corrected chi connectivity index (χ2v) is 29.2. The summed E-state index contributed by atoms with van der Waals surface area (Å²) in [6, 6.07) is -0.568. The van der Waals surface area contributed by atoms with E-state index in [0.29, 0.717) is 487 Å². The minimum atomic E-state index is -0.568. The first-order chi connectivity index (χ1) is 63.9. The molecule has 46 heteroatoms. The summed E-state index contributed by atoms with van der Waals surface area (Å²) in [5.74, 6) is 0.760. The molecular weight excluding hydrogens is 1750 g/mol. The van der Waals surface area contributed by atoms with Crippen molar-refractivity contribution in [3.05, 3.63) is 11.9 Å². The largest absolute Gasteiger partial charge is 0.379 e. The summed E-state index contributed by atoms with van der Waals surface area (Å²) >= 11 is 0. The van der Waals surface area contributed by atoms with Gasteiger partial charge in [0.2, 0.25) is 11.8 Å². The van der Waals surface area contributed by atoms with Crippen molar-refractivity contribution < 1.29 is 175 Å². The van der Waals surface area contributed by atoms with E-state index in [1.54, 1.807) is 4.68 Å². The van der Waals surface area contributed by atoms with Crippen molar-refractivity contribution in [3.8, 4) is 0 Å². The molecule has 0 unspecified atom stereocenters. The van der Waals surface area contributed by atoms with Crippen LogP contribution in [0.5, 0.6) is 0 Å². The number of rotatable bonds is 116. The molecule has 0 aliphatic carbocycles. The number of Topliss-reactive ketones (excluding diaryl/α,β-unsaturated/α-hetero) is 1. The molecule has 1 aromatic heterocycles. The van der Waals surface area contributed by atoms with Crippen LogP contribution in [0.25, 0.3) is 0 Å². The Morgan fingerprint density at radius 3 is 0.636 bits per heavy atom. The molecule has 44 nitrogen and oxygen atoms in total. The van der Waals surface area contributed by atoms with Gasteiger partial charge in [0.15, 0.2) is 5.78 Å². The summed E-state index contributed by atoms with van der Waals surface area (Å²) in [7, 11) is 2.96. The van der Waals surface area contributed by atoms with Gasteiger partial charge < -0.3 is 183 Å². The van der Waals surface area contributed by atoms with Crippen LogP contribution in [-0.2, 0) is 182 Å². The first kappa shape index (κ1) is 124. The summed E-state index contributed by atoms with van der Waals surface area (Å²) in [4.78, 5) is 35.4. The van der Waals surface area contributed by atoms with Crippen molar-refractivity contribution in [1.82, 2.24) is 25.6 Å². The summed E-state index contributed by atoms with van der Waals surface area (Å²) in [6.45, 7) is 34.6. The van der Waals surface area contributed by atoms with Crippen molar-refractivity contribution >= 4 is 39.2 Å². The summed E-state index contributed by atoms with van der Waals surface area (Å²) in [6.07, 6.45) is 2.50.